The zero-order chi connectivity index (χ0) is 17.6. The smallest absolute Gasteiger partial charge is 0.226 e. The molecule has 1 aliphatic rings. The molecule has 1 N–H and O–H groups in total. The lowest BCUT2D eigenvalue weighted by molar-refractivity contribution is -0.116. The Morgan fingerprint density at radius 1 is 1.32 bits per heavy atom. The molecule has 1 amide bonds. The van der Waals surface area contributed by atoms with Crippen molar-refractivity contribution in [1.29, 1.82) is 0 Å². The van der Waals surface area contributed by atoms with E-state index in [2.05, 4.69) is 22.6 Å². The molecule has 0 spiro atoms. The van der Waals surface area contributed by atoms with Gasteiger partial charge < -0.3 is 14.8 Å². The van der Waals surface area contributed by atoms with Crippen LogP contribution in [0.15, 0.2) is 42.6 Å². The molecule has 0 fully saturated rings. The minimum Gasteiger partial charge on any atom is -0.493 e. The molecular formula is C19H23N3O3. The van der Waals surface area contributed by atoms with Crippen molar-refractivity contribution in [2.45, 2.75) is 25.8 Å². The number of hydrogen-bond donors (Lipinski definition) is 1. The number of benzene rings is 1. The molecule has 0 radical (unpaired) electrons. The van der Waals surface area contributed by atoms with Crippen molar-refractivity contribution in [2.75, 3.05) is 19.5 Å². The van der Waals surface area contributed by atoms with E-state index >= 15 is 0 Å². The molecule has 1 aromatic carbocycles. The lowest BCUT2D eigenvalue weighted by Crippen LogP contribution is -2.18. The van der Waals surface area contributed by atoms with Gasteiger partial charge in [-0.1, -0.05) is 24.3 Å². The van der Waals surface area contributed by atoms with Gasteiger partial charge in [0.05, 0.1) is 27.0 Å². The summed E-state index contributed by atoms with van der Waals surface area (Å²) in [7, 11) is 3.22. The van der Waals surface area contributed by atoms with Crippen LogP contribution in [0.3, 0.4) is 0 Å². The average Bonchev–Trinajstić information content (AvgIpc) is 3.27. The summed E-state index contributed by atoms with van der Waals surface area (Å²) < 4.78 is 12.5. The number of hydrogen-bond acceptors (Lipinski definition) is 4. The molecule has 0 bridgehead atoms. The van der Waals surface area contributed by atoms with Gasteiger partial charge in [0.25, 0.3) is 0 Å². The van der Waals surface area contributed by atoms with Gasteiger partial charge in [-0.3, -0.25) is 4.79 Å². The number of rotatable bonds is 7. The average molecular weight is 341 g/mol. The summed E-state index contributed by atoms with van der Waals surface area (Å²) in [5.74, 6) is 2.38. The first-order chi connectivity index (χ1) is 12.2. The molecule has 6 nitrogen and oxygen atoms in total. The molecule has 3 rings (SSSR count). The first-order valence-corrected chi connectivity index (χ1v) is 8.39. The van der Waals surface area contributed by atoms with Gasteiger partial charge in [-0.15, -0.1) is 0 Å². The lowest BCUT2D eigenvalue weighted by Gasteiger charge is -2.14. The molecule has 1 aromatic heterocycles. The molecule has 132 valence electrons. The van der Waals surface area contributed by atoms with Gasteiger partial charge in [0.2, 0.25) is 5.91 Å². The molecule has 25 heavy (non-hydrogen) atoms. The zero-order valence-electron chi connectivity index (χ0n) is 14.6. The normalized spacial score (nSPS) is 16.0. The van der Waals surface area contributed by atoms with E-state index in [1.54, 1.807) is 31.2 Å². The van der Waals surface area contributed by atoms with Gasteiger partial charge in [-0.25, -0.2) is 4.68 Å². The van der Waals surface area contributed by atoms with E-state index in [4.69, 9.17) is 9.47 Å². The van der Waals surface area contributed by atoms with Crippen LogP contribution < -0.4 is 14.8 Å². The highest BCUT2D eigenvalue weighted by Gasteiger charge is 2.16. The number of nitrogens with zero attached hydrogens (tertiary/aromatic N) is 2. The predicted molar refractivity (Wildman–Crippen MR) is 96.0 cm³/mol. The largest absolute Gasteiger partial charge is 0.493 e. The number of aromatic nitrogens is 2. The van der Waals surface area contributed by atoms with Gasteiger partial charge in [0.1, 0.15) is 5.82 Å². The molecule has 1 heterocycles. The van der Waals surface area contributed by atoms with Crippen LogP contribution >= 0.6 is 0 Å². The van der Waals surface area contributed by atoms with Crippen molar-refractivity contribution in [3.05, 3.63) is 48.2 Å². The molecule has 2 aromatic rings. The van der Waals surface area contributed by atoms with E-state index in [1.807, 2.05) is 18.2 Å². The van der Waals surface area contributed by atoms with Crippen molar-refractivity contribution in [3.8, 4) is 11.5 Å². The second kappa shape index (κ2) is 7.88. The Labute approximate surface area is 147 Å². The van der Waals surface area contributed by atoms with E-state index in [1.165, 1.54) is 0 Å². The highest BCUT2D eigenvalue weighted by molar-refractivity contribution is 5.90. The van der Waals surface area contributed by atoms with Crippen LogP contribution in [0, 0.1) is 5.92 Å². The predicted octanol–water partition coefficient (Wildman–Crippen LogP) is 3.24. The van der Waals surface area contributed by atoms with E-state index < -0.39 is 0 Å². The number of methoxy groups -OCH3 is 2. The number of amides is 1. The third kappa shape index (κ3) is 4.02. The summed E-state index contributed by atoms with van der Waals surface area (Å²) in [6, 6.07) is 7.51. The maximum Gasteiger partial charge on any atom is 0.226 e. The Morgan fingerprint density at radius 2 is 2.20 bits per heavy atom. The molecule has 0 aliphatic heterocycles. The summed E-state index contributed by atoms with van der Waals surface area (Å²) in [4.78, 5) is 12.3. The number of allylic oxidation sites excluding steroid dienone is 2. The first kappa shape index (κ1) is 17.1. The summed E-state index contributed by atoms with van der Waals surface area (Å²) in [6.07, 6.45) is 8.55. The van der Waals surface area contributed by atoms with Crippen molar-refractivity contribution in [1.82, 2.24) is 9.78 Å². The summed E-state index contributed by atoms with van der Waals surface area (Å²) in [5.41, 5.74) is 0.930. The van der Waals surface area contributed by atoms with Gasteiger partial charge in [0.15, 0.2) is 11.5 Å². The van der Waals surface area contributed by atoms with Crippen molar-refractivity contribution >= 4 is 11.7 Å². The van der Waals surface area contributed by atoms with E-state index in [0.717, 1.165) is 18.4 Å². The second-order valence-corrected chi connectivity index (χ2v) is 6.04. The van der Waals surface area contributed by atoms with Gasteiger partial charge in [-0.05, 0) is 24.8 Å². The third-order valence-corrected chi connectivity index (χ3v) is 4.35. The van der Waals surface area contributed by atoms with Gasteiger partial charge in [-0.2, -0.15) is 5.10 Å². The van der Waals surface area contributed by atoms with Crippen molar-refractivity contribution < 1.29 is 14.3 Å². The Hall–Kier alpha value is -2.76. The van der Waals surface area contributed by atoms with Crippen LogP contribution in [0.4, 0.5) is 5.82 Å². The van der Waals surface area contributed by atoms with Gasteiger partial charge >= 0.3 is 0 Å². The van der Waals surface area contributed by atoms with E-state index in [0.29, 0.717) is 36.2 Å². The van der Waals surface area contributed by atoms with E-state index in [9.17, 15) is 4.79 Å². The van der Waals surface area contributed by atoms with E-state index in [-0.39, 0.29) is 5.91 Å². The fourth-order valence-electron chi connectivity index (χ4n) is 3.10. The number of nitrogens with one attached hydrogen (secondary N) is 1. The van der Waals surface area contributed by atoms with Gasteiger partial charge in [0, 0.05) is 18.1 Å². The quantitative estimate of drug-likeness (QED) is 0.785. The van der Waals surface area contributed by atoms with Crippen LogP contribution in [0.1, 0.15) is 24.8 Å². The Balaban J connectivity index is 1.71. The Kier molecular flexibility index (Phi) is 5.38. The van der Waals surface area contributed by atoms with Crippen LogP contribution in [0.5, 0.6) is 11.5 Å². The number of carbonyl (C=O) groups is 1. The van der Waals surface area contributed by atoms with Crippen LogP contribution in [0.25, 0.3) is 0 Å². The molecule has 1 aliphatic carbocycles. The lowest BCUT2D eigenvalue weighted by atomic mass is 10.1. The summed E-state index contributed by atoms with van der Waals surface area (Å²) in [6.45, 7) is 0.478. The molecule has 0 saturated carbocycles. The summed E-state index contributed by atoms with van der Waals surface area (Å²) >= 11 is 0. The maximum atomic E-state index is 12.3. The van der Waals surface area contributed by atoms with Crippen molar-refractivity contribution in [3.63, 3.8) is 0 Å². The number of ether oxygens (including phenoxy) is 2. The molecule has 6 heteroatoms. The number of anilines is 1. The monoisotopic (exact) mass is 341 g/mol. The minimum absolute atomic E-state index is 0.0101. The molecule has 1 atom stereocenters. The highest BCUT2D eigenvalue weighted by Crippen LogP contribution is 2.31. The molecule has 0 unspecified atom stereocenters. The second-order valence-electron chi connectivity index (χ2n) is 6.04. The number of carbonyl (C=O) groups excluding carboxylic acids is 1. The third-order valence-electron chi connectivity index (χ3n) is 4.35. The van der Waals surface area contributed by atoms with Crippen LogP contribution in [-0.2, 0) is 11.3 Å². The SMILES string of the molecule is COc1cccc(Cn2nccc2NC(=O)C[C@@H]2C=CCC2)c1OC. The maximum absolute atomic E-state index is 12.3. The fourth-order valence-corrected chi connectivity index (χ4v) is 3.10. The summed E-state index contributed by atoms with van der Waals surface area (Å²) in [5, 5.41) is 7.28. The van der Waals surface area contributed by atoms with Crippen molar-refractivity contribution in [2.24, 2.45) is 5.92 Å². The minimum atomic E-state index is 0.0101. The molecular weight excluding hydrogens is 318 g/mol. The molecule has 0 saturated heterocycles. The first-order valence-electron chi connectivity index (χ1n) is 8.39. The van der Waals surface area contributed by atoms with Crippen LogP contribution in [-0.4, -0.2) is 29.9 Å². The Morgan fingerprint density at radius 3 is 2.92 bits per heavy atom. The zero-order valence-corrected chi connectivity index (χ0v) is 14.6. The fraction of sp³-hybridized carbons (Fsp3) is 0.368. The Bertz CT molecular complexity index is 767. The number of para-hydroxylation sites is 1. The van der Waals surface area contributed by atoms with Crippen LogP contribution in [0.2, 0.25) is 0 Å². The highest BCUT2D eigenvalue weighted by atomic mass is 16.5. The topological polar surface area (TPSA) is 65.4 Å². The standard InChI is InChI=1S/C19H23N3O3/c1-24-16-9-5-8-15(19(16)25-2)13-22-17(10-11-20-22)21-18(23)12-14-6-3-4-7-14/h3,5-6,8-11,14H,4,7,12-13H2,1-2H3,(H,21,23)/t14-/m1/s1.